The Hall–Kier alpha value is -3.09. The summed E-state index contributed by atoms with van der Waals surface area (Å²) in [4.78, 5) is 26.9. The molecule has 2 aromatic carbocycles. The summed E-state index contributed by atoms with van der Waals surface area (Å²) in [5.74, 6) is -1.57. The lowest BCUT2D eigenvalue weighted by Crippen LogP contribution is -2.50. The van der Waals surface area contributed by atoms with Gasteiger partial charge < -0.3 is 19.6 Å². The summed E-state index contributed by atoms with van der Waals surface area (Å²) in [5, 5.41) is 8.94. The SMILES string of the molecule is O=C(O)c1ccc(N2CCN(C(=O)COc3ccccc3F)CC2)cc1. The average molecular weight is 358 g/mol. The monoisotopic (exact) mass is 358 g/mol. The van der Waals surface area contributed by atoms with Crippen molar-refractivity contribution in [2.24, 2.45) is 0 Å². The Bertz CT molecular complexity index is 786. The molecule has 7 heteroatoms. The van der Waals surface area contributed by atoms with Gasteiger partial charge in [0.1, 0.15) is 0 Å². The Morgan fingerprint density at radius 2 is 1.65 bits per heavy atom. The van der Waals surface area contributed by atoms with E-state index in [0.717, 1.165) is 5.69 Å². The number of carboxylic acids is 1. The van der Waals surface area contributed by atoms with Gasteiger partial charge in [-0.1, -0.05) is 12.1 Å². The predicted molar refractivity (Wildman–Crippen MR) is 94.1 cm³/mol. The fourth-order valence-electron chi connectivity index (χ4n) is 2.82. The van der Waals surface area contributed by atoms with E-state index in [1.165, 1.54) is 12.1 Å². The summed E-state index contributed by atoms with van der Waals surface area (Å²) in [6.45, 7) is 2.13. The van der Waals surface area contributed by atoms with Gasteiger partial charge in [0.2, 0.25) is 0 Å². The van der Waals surface area contributed by atoms with Crippen LogP contribution in [0.5, 0.6) is 5.75 Å². The van der Waals surface area contributed by atoms with Crippen LogP contribution in [-0.4, -0.2) is 54.7 Å². The Balaban J connectivity index is 1.50. The highest BCUT2D eigenvalue weighted by molar-refractivity contribution is 5.88. The van der Waals surface area contributed by atoms with Gasteiger partial charge in [0, 0.05) is 31.9 Å². The number of aromatic carboxylic acids is 1. The van der Waals surface area contributed by atoms with E-state index in [1.54, 1.807) is 41.3 Å². The van der Waals surface area contributed by atoms with Crippen molar-refractivity contribution in [1.82, 2.24) is 4.90 Å². The van der Waals surface area contributed by atoms with Gasteiger partial charge in [-0.25, -0.2) is 9.18 Å². The van der Waals surface area contributed by atoms with Crippen LogP contribution in [0, 0.1) is 5.82 Å². The number of hydrogen-bond donors (Lipinski definition) is 1. The number of benzene rings is 2. The quantitative estimate of drug-likeness (QED) is 0.888. The number of anilines is 1. The number of rotatable bonds is 5. The molecular weight excluding hydrogens is 339 g/mol. The molecular formula is C19H19FN2O4. The van der Waals surface area contributed by atoms with E-state index in [4.69, 9.17) is 9.84 Å². The van der Waals surface area contributed by atoms with Gasteiger partial charge in [-0.15, -0.1) is 0 Å². The molecule has 1 amide bonds. The van der Waals surface area contributed by atoms with Crippen LogP contribution in [-0.2, 0) is 4.79 Å². The molecule has 0 aliphatic carbocycles. The fourth-order valence-corrected chi connectivity index (χ4v) is 2.82. The molecule has 1 aliphatic rings. The van der Waals surface area contributed by atoms with E-state index in [0.29, 0.717) is 26.2 Å². The Morgan fingerprint density at radius 1 is 1.00 bits per heavy atom. The molecule has 136 valence electrons. The minimum Gasteiger partial charge on any atom is -0.481 e. The van der Waals surface area contributed by atoms with Crippen LogP contribution in [0.15, 0.2) is 48.5 Å². The topological polar surface area (TPSA) is 70.1 Å². The number of piperazine rings is 1. The molecule has 26 heavy (non-hydrogen) atoms. The molecule has 1 heterocycles. The minimum absolute atomic E-state index is 0.0676. The average Bonchev–Trinajstić information content (AvgIpc) is 2.67. The number of hydrogen-bond acceptors (Lipinski definition) is 4. The van der Waals surface area contributed by atoms with Crippen LogP contribution in [0.3, 0.4) is 0 Å². The summed E-state index contributed by atoms with van der Waals surface area (Å²) in [6.07, 6.45) is 0. The summed E-state index contributed by atoms with van der Waals surface area (Å²) in [5.41, 5.74) is 1.16. The molecule has 0 radical (unpaired) electrons. The third kappa shape index (κ3) is 4.11. The van der Waals surface area contributed by atoms with E-state index in [1.807, 2.05) is 0 Å². The lowest BCUT2D eigenvalue weighted by molar-refractivity contribution is -0.133. The molecule has 0 aromatic heterocycles. The maximum atomic E-state index is 13.5. The van der Waals surface area contributed by atoms with Crippen molar-refractivity contribution >= 4 is 17.6 Å². The van der Waals surface area contributed by atoms with Gasteiger partial charge in [0.15, 0.2) is 18.2 Å². The second-order valence-corrected chi connectivity index (χ2v) is 5.94. The first-order valence-electron chi connectivity index (χ1n) is 8.28. The maximum absolute atomic E-state index is 13.5. The van der Waals surface area contributed by atoms with Gasteiger partial charge in [0.05, 0.1) is 5.56 Å². The third-order valence-corrected chi connectivity index (χ3v) is 4.30. The van der Waals surface area contributed by atoms with Crippen molar-refractivity contribution in [2.45, 2.75) is 0 Å². The fraction of sp³-hybridized carbons (Fsp3) is 0.263. The number of para-hydroxylation sites is 1. The molecule has 3 rings (SSSR count). The number of amides is 1. The van der Waals surface area contributed by atoms with Gasteiger partial charge in [0.25, 0.3) is 5.91 Å². The van der Waals surface area contributed by atoms with Crippen molar-refractivity contribution in [2.75, 3.05) is 37.7 Å². The third-order valence-electron chi connectivity index (χ3n) is 4.30. The number of carbonyl (C=O) groups excluding carboxylic acids is 1. The van der Waals surface area contributed by atoms with Crippen molar-refractivity contribution in [3.05, 3.63) is 59.9 Å². The zero-order valence-electron chi connectivity index (χ0n) is 14.1. The summed E-state index contributed by atoms with van der Waals surface area (Å²) in [6, 6.07) is 12.7. The largest absolute Gasteiger partial charge is 0.481 e. The number of halogens is 1. The molecule has 0 unspecified atom stereocenters. The lowest BCUT2D eigenvalue weighted by atomic mass is 10.2. The van der Waals surface area contributed by atoms with E-state index in [9.17, 15) is 14.0 Å². The second kappa shape index (κ2) is 7.86. The van der Waals surface area contributed by atoms with Crippen LogP contribution in [0.4, 0.5) is 10.1 Å². The normalized spacial score (nSPS) is 14.2. The predicted octanol–water partition coefficient (Wildman–Crippen LogP) is 2.25. The van der Waals surface area contributed by atoms with Gasteiger partial charge in [-0.05, 0) is 36.4 Å². The van der Waals surface area contributed by atoms with E-state index in [2.05, 4.69) is 4.90 Å². The highest BCUT2D eigenvalue weighted by atomic mass is 19.1. The number of ether oxygens (including phenoxy) is 1. The van der Waals surface area contributed by atoms with Crippen LogP contribution in [0.1, 0.15) is 10.4 Å². The number of nitrogens with zero attached hydrogens (tertiary/aromatic N) is 2. The number of carboxylic acid groups (broad SMARTS) is 1. The van der Waals surface area contributed by atoms with E-state index in [-0.39, 0.29) is 23.8 Å². The smallest absolute Gasteiger partial charge is 0.335 e. The first-order chi connectivity index (χ1) is 12.5. The van der Waals surface area contributed by atoms with E-state index >= 15 is 0 Å². The first-order valence-corrected chi connectivity index (χ1v) is 8.28. The molecule has 0 bridgehead atoms. The Morgan fingerprint density at radius 3 is 2.27 bits per heavy atom. The first kappa shape index (κ1) is 17.7. The van der Waals surface area contributed by atoms with Crippen molar-refractivity contribution in [1.29, 1.82) is 0 Å². The molecule has 1 N–H and O–H groups in total. The number of carbonyl (C=O) groups is 2. The highest BCUT2D eigenvalue weighted by Gasteiger charge is 2.22. The van der Waals surface area contributed by atoms with Gasteiger partial charge in [-0.2, -0.15) is 0 Å². The molecule has 1 aliphatic heterocycles. The minimum atomic E-state index is -0.957. The van der Waals surface area contributed by atoms with E-state index < -0.39 is 11.8 Å². The molecule has 2 aromatic rings. The second-order valence-electron chi connectivity index (χ2n) is 5.94. The van der Waals surface area contributed by atoms with Crippen molar-refractivity contribution in [3.8, 4) is 5.75 Å². The summed E-state index contributed by atoms with van der Waals surface area (Å²) in [7, 11) is 0. The van der Waals surface area contributed by atoms with Crippen LogP contribution in [0.2, 0.25) is 0 Å². The van der Waals surface area contributed by atoms with Crippen molar-refractivity contribution in [3.63, 3.8) is 0 Å². The van der Waals surface area contributed by atoms with Crippen molar-refractivity contribution < 1.29 is 23.8 Å². The Kier molecular flexibility index (Phi) is 5.36. The standard InChI is InChI=1S/C19H19FN2O4/c20-16-3-1-2-4-17(16)26-13-18(23)22-11-9-21(10-12-22)15-7-5-14(6-8-15)19(24)25/h1-8H,9-13H2,(H,24,25). The Labute approximate surface area is 150 Å². The van der Waals surface area contributed by atoms with Gasteiger partial charge >= 0.3 is 5.97 Å². The maximum Gasteiger partial charge on any atom is 0.335 e. The molecule has 0 spiro atoms. The van der Waals surface area contributed by atoms with Crippen LogP contribution < -0.4 is 9.64 Å². The highest BCUT2D eigenvalue weighted by Crippen LogP contribution is 2.18. The molecule has 1 saturated heterocycles. The molecule has 1 fully saturated rings. The van der Waals surface area contributed by atoms with Crippen LogP contribution in [0.25, 0.3) is 0 Å². The van der Waals surface area contributed by atoms with Crippen LogP contribution >= 0.6 is 0 Å². The molecule has 0 atom stereocenters. The zero-order chi connectivity index (χ0) is 18.5. The molecule has 0 saturated carbocycles. The summed E-state index contributed by atoms with van der Waals surface area (Å²) >= 11 is 0. The zero-order valence-corrected chi connectivity index (χ0v) is 14.1. The lowest BCUT2D eigenvalue weighted by Gasteiger charge is -2.36. The summed E-state index contributed by atoms with van der Waals surface area (Å²) < 4.78 is 18.8. The molecule has 6 nitrogen and oxygen atoms in total. The van der Waals surface area contributed by atoms with Gasteiger partial charge in [-0.3, -0.25) is 4.79 Å².